The molecule has 4 nitrogen and oxygen atoms in total. The van der Waals surface area contributed by atoms with Crippen LogP contribution in [0.25, 0.3) is 0 Å². The lowest BCUT2D eigenvalue weighted by Gasteiger charge is -2.12. The maximum Gasteiger partial charge on any atom is 0.261 e. The molecular weight excluding hydrogens is 339 g/mol. The summed E-state index contributed by atoms with van der Waals surface area (Å²) in [5, 5.41) is 3.33. The highest BCUT2D eigenvalue weighted by atomic mass is 32.2. The van der Waals surface area contributed by atoms with Gasteiger partial charge in [-0.2, -0.15) is 0 Å². The van der Waals surface area contributed by atoms with E-state index in [9.17, 15) is 12.8 Å². The largest absolute Gasteiger partial charge is 0.316 e. The fraction of sp³-hybridized carbons (Fsp3) is 0.368. The molecule has 0 amide bonds. The van der Waals surface area contributed by atoms with Gasteiger partial charge in [0.05, 0.1) is 11.6 Å². The normalized spacial score (nSPS) is 18.9. The Morgan fingerprint density at radius 3 is 2.40 bits per heavy atom. The van der Waals surface area contributed by atoms with Gasteiger partial charge in [-0.3, -0.25) is 9.11 Å². The SMILES string of the molecule is C[C@@H](CF)c1ccc(S(=O)(=O)Nc2ccc([C@@H]3CCNC3)cc2)cc1. The molecule has 2 aromatic carbocycles. The zero-order valence-corrected chi connectivity index (χ0v) is 15.0. The van der Waals surface area contributed by atoms with Crippen molar-refractivity contribution >= 4 is 15.7 Å². The van der Waals surface area contributed by atoms with E-state index in [1.807, 2.05) is 12.1 Å². The fourth-order valence-electron chi connectivity index (χ4n) is 3.04. The first kappa shape index (κ1) is 17.9. The second-order valence-electron chi connectivity index (χ2n) is 6.54. The van der Waals surface area contributed by atoms with E-state index in [1.54, 1.807) is 31.2 Å². The van der Waals surface area contributed by atoms with Crippen molar-refractivity contribution in [1.82, 2.24) is 5.32 Å². The van der Waals surface area contributed by atoms with Crippen molar-refractivity contribution in [3.63, 3.8) is 0 Å². The molecular formula is C19H23FN2O2S. The molecule has 0 aromatic heterocycles. The van der Waals surface area contributed by atoms with Crippen LogP contribution in [-0.4, -0.2) is 28.2 Å². The molecule has 0 radical (unpaired) electrons. The Morgan fingerprint density at radius 2 is 1.84 bits per heavy atom. The summed E-state index contributed by atoms with van der Waals surface area (Å²) in [6, 6.07) is 13.9. The summed E-state index contributed by atoms with van der Waals surface area (Å²) in [7, 11) is -3.65. The van der Waals surface area contributed by atoms with E-state index in [0.29, 0.717) is 11.6 Å². The topological polar surface area (TPSA) is 58.2 Å². The van der Waals surface area contributed by atoms with Gasteiger partial charge in [0.1, 0.15) is 0 Å². The Morgan fingerprint density at radius 1 is 1.16 bits per heavy atom. The predicted molar refractivity (Wildman–Crippen MR) is 98.3 cm³/mol. The van der Waals surface area contributed by atoms with E-state index in [4.69, 9.17) is 0 Å². The second-order valence-corrected chi connectivity index (χ2v) is 8.22. The molecule has 2 atom stereocenters. The van der Waals surface area contributed by atoms with Gasteiger partial charge in [-0.1, -0.05) is 31.2 Å². The summed E-state index contributed by atoms with van der Waals surface area (Å²) in [4.78, 5) is 0.173. The minimum Gasteiger partial charge on any atom is -0.316 e. The summed E-state index contributed by atoms with van der Waals surface area (Å²) in [5.41, 5.74) is 2.55. The molecule has 134 valence electrons. The van der Waals surface area contributed by atoms with Crippen molar-refractivity contribution in [3.8, 4) is 0 Å². The Kier molecular flexibility index (Phi) is 5.39. The van der Waals surface area contributed by atoms with Crippen LogP contribution in [0, 0.1) is 0 Å². The summed E-state index contributed by atoms with van der Waals surface area (Å²) >= 11 is 0. The lowest BCUT2D eigenvalue weighted by molar-refractivity contribution is 0.447. The average Bonchev–Trinajstić information content (AvgIpc) is 3.16. The van der Waals surface area contributed by atoms with Gasteiger partial charge in [-0.15, -0.1) is 0 Å². The molecule has 0 spiro atoms. The first-order chi connectivity index (χ1) is 12.0. The van der Waals surface area contributed by atoms with Crippen LogP contribution < -0.4 is 10.0 Å². The highest BCUT2D eigenvalue weighted by molar-refractivity contribution is 7.92. The number of hydrogen-bond acceptors (Lipinski definition) is 3. The van der Waals surface area contributed by atoms with Gasteiger partial charge in [0.2, 0.25) is 0 Å². The van der Waals surface area contributed by atoms with Gasteiger partial charge in [0, 0.05) is 18.2 Å². The van der Waals surface area contributed by atoms with Crippen LogP contribution >= 0.6 is 0 Å². The van der Waals surface area contributed by atoms with Crippen LogP contribution in [0.3, 0.4) is 0 Å². The molecule has 1 heterocycles. The molecule has 2 N–H and O–H groups in total. The van der Waals surface area contributed by atoms with E-state index in [0.717, 1.165) is 25.1 Å². The molecule has 0 bridgehead atoms. The first-order valence-corrected chi connectivity index (χ1v) is 9.97. The minimum atomic E-state index is -3.65. The standard InChI is InChI=1S/C19H23FN2O2S/c1-14(12-20)15-4-8-19(9-5-15)25(23,24)22-18-6-2-16(3-7-18)17-10-11-21-13-17/h2-9,14,17,21-22H,10-13H2,1H3/t14-,17+/m0/s1. The smallest absolute Gasteiger partial charge is 0.261 e. The Balaban J connectivity index is 1.72. The van der Waals surface area contributed by atoms with Crippen molar-refractivity contribution in [2.24, 2.45) is 0 Å². The van der Waals surface area contributed by atoms with E-state index >= 15 is 0 Å². The van der Waals surface area contributed by atoms with Crippen LogP contribution in [0.5, 0.6) is 0 Å². The van der Waals surface area contributed by atoms with Gasteiger partial charge >= 0.3 is 0 Å². The molecule has 1 aliphatic rings. The number of sulfonamides is 1. The van der Waals surface area contributed by atoms with Crippen molar-refractivity contribution in [3.05, 3.63) is 59.7 Å². The van der Waals surface area contributed by atoms with Crippen LogP contribution in [-0.2, 0) is 10.0 Å². The molecule has 6 heteroatoms. The lowest BCUT2D eigenvalue weighted by atomic mass is 9.98. The van der Waals surface area contributed by atoms with Crippen molar-refractivity contribution < 1.29 is 12.8 Å². The highest BCUT2D eigenvalue weighted by Gasteiger charge is 2.18. The van der Waals surface area contributed by atoms with Crippen LogP contribution in [0.2, 0.25) is 0 Å². The van der Waals surface area contributed by atoms with Crippen molar-refractivity contribution in [2.45, 2.75) is 30.1 Å². The quantitative estimate of drug-likeness (QED) is 0.825. The molecule has 3 rings (SSSR count). The first-order valence-electron chi connectivity index (χ1n) is 8.49. The highest BCUT2D eigenvalue weighted by Crippen LogP contribution is 2.25. The summed E-state index contributed by atoms with van der Waals surface area (Å²) in [6.07, 6.45) is 1.11. The minimum absolute atomic E-state index is 0.173. The summed E-state index contributed by atoms with van der Waals surface area (Å²) in [6.45, 7) is 3.29. The van der Waals surface area contributed by atoms with E-state index < -0.39 is 16.7 Å². The van der Waals surface area contributed by atoms with E-state index in [-0.39, 0.29) is 10.8 Å². The number of halogens is 1. The predicted octanol–water partition coefficient (Wildman–Crippen LogP) is 3.64. The average molecular weight is 362 g/mol. The number of rotatable bonds is 6. The monoisotopic (exact) mass is 362 g/mol. The number of nitrogens with one attached hydrogen (secondary N) is 2. The zero-order chi connectivity index (χ0) is 17.9. The Labute approximate surface area is 148 Å². The maximum absolute atomic E-state index is 12.7. The molecule has 1 aliphatic heterocycles. The van der Waals surface area contributed by atoms with E-state index in [2.05, 4.69) is 10.0 Å². The second kappa shape index (κ2) is 7.54. The van der Waals surface area contributed by atoms with Gasteiger partial charge in [0.15, 0.2) is 0 Å². The van der Waals surface area contributed by atoms with Gasteiger partial charge in [-0.05, 0) is 54.3 Å². The Bertz CT molecular complexity index is 798. The third-order valence-electron chi connectivity index (χ3n) is 4.69. The molecule has 1 fully saturated rings. The Hall–Kier alpha value is -1.92. The lowest BCUT2D eigenvalue weighted by Crippen LogP contribution is -2.13. The van der Waals surface area contributed by atoms with Crippen molar-refractivity contribution in [2.75, 3.05) is 24.5 Å². The van der Waals surface area contributed by atoms with E-state index in [1.165, 1.54) is 17.7 Å². The maximum atomic E-state index is 12.7. The molecule has 2 aromatic rings. The van der Waals surface area contributed by atoms with Crippen LogP contribution in [0.4, 0.5) is 10.1 Å². The third-order valence-corrected chi connectivity index (χ3v) is 6.08. The van der Waals surface area contributed by atoms with Crippen LogP contribution in [0.1, 0.15) is 36.3 Å². The van der Waals surface area contributed by atoms with Crippen molar-refractivity contribution in [1.29, 1.82) is 0 Å². The zero-order valence-electron chi connectivity index (χ0n) is 14.2. The molecule has 0 saturated carbocycles. The molecule has 0 aliphatic carbocycles. The van der Waals surface area contributed by atoms with Gasteiger partial charge in [0.25, 0.3) is 10.0 Å². The summed E-state index contributed by atoms with van der Waals surface area (Å²) < 4.78 is 40.3. The summed E-state index contributed by atoms with van der Waals surface area (Å²) in [5.74, 6) is 0.262. The number of alkyl halides is 1. The number of anilines is 1. The van der Waals surface area contributed by atoms with Gasteiger partial charge < -0.3 is 5.32 Å². The fourth-order valence-corrected chi connectivity index (χ4v) is 4.10. The number of hydrogen-bond donors (Lipinski definition) is 2. The molecule has 0 unspecified atom stereocenters. The number of benzene rings is 2. The van der Waals surface area contributed by atoms with Gasteiger partial charge in [-0.25, -0.2) is 8.42 Å². The molecule has 25 heavy (non-hydrogen) atoms. The third kappa shape index (κ3) is 4.19. The van der Waals surface area contributed by atoms with Crippen LogP contribution in [0.15, 0.2) is 53.4 Å². The molecule has 1 saturated heterocycles.